The highest BCUT2D eigenvalue weighted by Crippen LogP contribution is 2.18. The summed E-state index contributed by atoms with van der Waals surface area (Å²) in [6.45, 7) is 0.193. The molecule has 0 radical (unpaired) electrons. The van der Waals surface area contributed by atoms with Gasteiger partial charge in [0, 0.05) is 10.2 Å². The van der Waals surface area contributed by atoms with Crippen LogP contribution >= 0.6 is 27.7 Å². The average Bonchev–Trinajstić information content (AvgIpc) is 2.99. The van der Waals surface area contributed by atoms with E-state index in [1.807, 2.05) is 54.6 Å². The number of nitrogens with zero attached hydrogens (tertiary/aromatic N) is 3. The zero-order valence-electron chi connectivity index (χ0n) is 13.6. The molecule has 2 aromatic carbocycles. The van der Waals surface area contributed by atoms with Crippen LogP contribution in [0.3, 0.4) is 0 Å². The Bertz CT molecular complexity index is 888. The molecule has 9 heteroatoms. The van der Waals surface area contributed by atoms with Gasteiger partial charge in [-0.15, -0.1) is 10.2 Å². The molecule has 3 aromatic rings. The van der Waals surface area contributed by atoms with Crippen molar-refractivity contribution >= 4 is 39.3 Å². The Hall–Kier alpha value is -2.52. The highest BCUT2D eigenvalue weighted by atomic mass is 79.9. The molecule has 0 saturated heterocycles. The lowest BCUT2D eigenvalue weighted by atomic mass is 10.3. The number of halogens is 1. The molecular formula is C17H16BrN5O2S. The number of benzene rings is 2. The van der Waals surface area contributed by atoms with Crippen LogP contribution in [-0.2, 0) is 11.4 Å². The lowest BCUT2D eigenvalue weighted by molar-refractivity contribution is -0.113. The molecule has 0 aliphatic heterocycles. The predicted octanol–water partition coefficient (Wildman–Crippen LogP) is 3.06. The summed E-state index contributed by atoms with van der Waals surface area (Å²) < 4.78 is 7.84. The standard InChI is InChI=1S/C17H16BrN5O2S/c18-12-5-4-6-13(9-12)20-16(24)11-26-17-22-21-15(23(17)19)10-25-14-7-2-1-3-8-14/h1-9H,10-11,19H2,(H,20,24). The fourth-order valence-electron chi connectivity index (χ4n) is 2.06. The molecule has 3 rings (SSSR count). The number of aromatic nitrogens is 3. The monoisotopic (exact) mass is 433 g/mol. The summed E-state index contributed by atoms with van der Waals surface area (Å²) in [5.74, 6) is 7.19. The largest absolute Gasteiger partial charge is 0.486 e. The van der Waals surface area contributed by atoms with Crippen molar-refractivity contribution in [2.45, 2.75) is 11.8 Å². The number of para-hydroxylation sites is 1. The minimum atomic E-state index is -0.154. The topological polar surface area (TPSA) is 95.1 Å². The van der Waals surface area contributed by atoms with Crippen molar-refractivity contribution in [2.75, 3.05) is 16.9 Å². The fraction of sp³-hybridized carbons (Fsp3) is 0.118. The Labute approximate surface area is 163 Å². The molecule has 1 heterocycles. The molecule has 0 aliphatic carbocycles. The highest BCUT2D eigenvalue weighted by Gasteiger charge is 2.13. The molecule has 1 amide bonds. The maximum Gasteiger partial charge on any atom is 0.234 e. The normalized spacial score (nSPS) is 10.5. The smallest absolute Gasteiger partial charge is 0.234 e. The first-order chi connectivity index (χ1) is 12.6. The average molecular weight is 434 g/mol. The zero-order valence-corrected chi connectivity index (χ0v) is 16.0. The van der Waals surface area contributed by atoms with E-state index >= 15 is 0 Å². The molecule has 1 aromatic heterocycles. The number of amides is 1. The first kappa shape index (κ1) is 18.3. The van der Waals surface area contributed by atoms with Crippen molar-refractivity contribution in [3.8, 4) is 5.75 Å². The number of carbonyl (C=O) groups excluding carboxylic acids is 1. The predicted molar refractivity (Wildman–Crippen MR) is 104 cm³/mol. The summed E-state index contributed by atoms with van der Waals surface area (Å²) in [5, 5.41) is 11.3. The van der Waals surface area contributed by atoms with E-state index in [4.69, 9.17) is 10.6 Å². The van der Waals surface area contributed by atoms with Crippen molar-refractivity contribution in [1.82, 2.24) is 14.9 Å². The molecule has 134 valence electrons. The number of nitrogen functional groups attached to an aromatic ring is 1. The van der Waals surface area contributed by atoms with Crippen LogP contribution in [0.25, 0.3) is 0 Å². The van der Waals surface area contributed by atoms with Gasteiger partial charge in [0.15, 0.2) is 5.82 Å². The number of ether oxygens (including phenoxy) is 1. The number of nitrogens with one attached hydrogen (secondary N) is 1. The number of thioether (sulfide) groups is 1. The lowest BCUT2D eigenvalue weighted by Gasteiger charge is -2.07. The van der Waals surface area contributed by atoms with Gasteiger partial charge in [0.1, 0.15) is 12.4 Å². The molecule has 7 nitrogen and oxygen atoms in total. The molecule has 3 N–H and O–H groups in total. The number of hydrogen-bond donors (Lipinski definition) is 2. The Kier molecular flexibility index (Phi) is 6.13. The van der Waals surface area contributed by atoms with Crippen LogP contribution in [0.1, 0.15) is 5.82 Å². The minimum Gasteiger partial charge on any atom is -0.486 e. The lowest BCUT2D eigenvalue weighted by Crippen LogP contribution is -2.18. The van der Waals surface area contributed by atoms with Crippen LogP contribution in [0, 0.1) is 0 Å². The van der Waals surface area contributed by atoms with Crippen molar-refractivity contribution in [2.24, 2.45) is 0 Å². The van der Waals surface area contributed by atoms with Gasteiger partial charge >= 0.3 is 0 Å². The molecule has 0 fully saturated rings. The number of anilines is 1. The molecule has 0 spiro atoms. The second-order valence-corrected chi connectivity index (χ2v) is 7.08. The minimum absolute atomic E-state index is 0.154. The van der Waals surface area contributed by atoms with E-state index < -0.39 is 0 Å². The fourth-order valence-corrected chi connectivity index (χ4v) is 3.14. The second-order valence-electron chi connectivity index (χ2n) is 5.22. The molecule has 0 saturated carbocycles. The van der Waals surface area contributed by atoms with E-state index in [9.17, 15) is 4.79 Å². The molecule has 0 unspecified atom stereocenters. The number of hydrogen-bond acceptors (Lipinski definition) is 6. The summed E-state index contributed by atoms with van der Waals surface area (Å²) >= 11 is 4.57. The van der Waals surface area contributed by atoms with Crippen molar-refractivity contribution < 1.29 is 9.53 Å². The Morgan fingerprint density at radius 3 is 2.77 bits per heavy atom. The molecule has 0 atom stereocenters. The summed E-state index contributed by atoms with van der Waals surface area (Å²) in [4.78, 5) is 12.1. The van der Waals surface area contributed by atoms with E-state index in [-0.39, 0.29) is 18.3 Å². The van der Waals surface area contributed by atoms with E-state index in [1.54, 1.807) is 0 Å². The van der Waals surface area contributed by atoms with Crippen molar-refractivity contribution in [3.05, 3.63) is 64.9 Å². The maximum atomic E-state index is 12.1. The van der Waals surface area contributed by atoms with Gasteiger partial charge in [0.25, 0.3) is 0 Å². The van der Waals surface area contributed by atoms with Gasteiger partial charge in [-0.05, 0) is 30.3 Å². The second kappa shape index (κ2) is 8.72. The quantitative estimate of drug-likeness (QED) is 0.439. The zero-order chi connectivity index (χ0) is 18.4. The summed E-state index contributed by atoms with van der Waals surface area (Å²) in [7, 11) is 0. The van der Waals surface area contributed by atoms with E-state index in [0.717, 1.165) is 15.9 Å². The van der Waals surface area contributed by atoms with Crippen LogP contribution in [0.2, 0.25) is 0 Å². The molecule has 0 bridgehead atoms. The first-order valence-corrected chi connectivity index (χ1v) is 9.45. The molecule has 0 aliphatic rings. The molecule has 26 heavy (non-hydrogen) atoms. The van der Waals surface area contributed by atoms with Crippen LogP contribution in [-0.4, -0.2) is 26.5 Å². The van der Waals surface area contributed by atoms with Gasteiger partial charge in [-0.1, -0.05) is 52.0 Å². The van der Waals surface area contributed by atoms with Gasteiger partial charge < -0.3 is 15.9 Å². The highest BCUT2D eigenvalue weighted by molar-refractivity contribution is 9.10. The summed E-state index contributed by atoms with van der Waals surface area (Å²) in [6, 6.07) is 16.7. The van der Waals surface area contributed by atoms with Gasteiger partial charge in [0.05, 0.1) is 5.75 Å². The molecular weight excluding hydrogens is 418 g/mol. The van der Waals surface area contributed by atoms with Crippen LogP contribution in [0.4, 0.5) is 5.69 Å². The van der Waals surface area contributed by atoms with Gasteiger partial charge in [-0.3, -0.25) is 4.79 Å². The van der Waals surface area contributed by atoms with Gasteiger partial charge in [0.2, 0.25) is 11.1 Å². The Balaban J connectivity index is 1.52. The van der Waals surface area contributed by atoms with E-state index in [2.05, 4.69) is 31.4 Å². The Morgan fingerprint density at radius 2 is 2.00 bits per heavy atom. The van der Waals surface area contributed by atoms with E-state index in [1.165, 1.54) is 16.4 Å². The summed E-state index contributed by atoms with van der Waals surface area (Å²) in [6.07, 6.45) is 0. The summed E-state index contributed by atoms with van der Waals surface area (Å²) in [5.41, 5.74) is 0.719. The number of carbonyl (C=O) groups is 1. The number of nitrogens with two attached hydrogens (primary N) is 1. The van der Waals surface area contributed by atoms with Gasteiger partial charge in [-0.25, -0.2) is 4.68 Å². The third-order valence-electron chi connectivity index (χ3n) is 3.29. The van der Waals surface area contributed by atoms with Crippen LogP contribution in [0.15, 0.2) is 64.2 Å². The first-order valence-electron chi connectivity index (χ1n) is 7.67. The maximum absolute atomic E-state index is 12.1. The number of rotatable bonds is 7. The third-order valence-corrected chi connectivity index (χ3v) is 4.72. The van der Waals surface area contributed by atoms with Crippen molar-refractivity contribution in [1.29, 1.82) is 0 Å². The SMILES string of the molecule is Nn1c(COc2ccccc2)nnc1SCC(=O)Nc1cccc(Br)c1. The van der Waals surface area contributed by atoms with Gasteiger partial charge in [-0.2, -0.15) is 0 Å². The third kappa shape index (κ3) is 4.99. The van der Waals surface area contributed by atoms with Crippen LogP contribution in [0.5, 0.6) is 5.75 Å². The van der Waals surface area contributed by atoms with Crippen molar-refractivity contribution in [3.63, 3.8) is 0 Å². The van der Waals surface area contributed by atoms with E-state index in [0.29, 0.717) is 11.0 Å². The van der Waals surface area contributed by atoms with Crippen LogP contribution < -0.4 is 15.9 Å². The Morgan fingerprint density at radius 1 is 1.19 bits per heavy atom.